The standard InChI is InChI=1S/C70H38N2/c1-5-72(6-2)7-67-57-42-31-24-14-11-12-15-13(14)17-19-25-23(15)32-28-18(12)22-21-16(11)20-26(24)39(42)45-40-30(20)34(21)49-50-35(22)36(28)51-56-63(50)69-9-71(3,4)10-70(69)64(54(60(45)67)52(40)62(49)69)55-53-48-41-37(29(19)33(27(17)31)46(57)47(41)61(55)67)44-38(25)43(32)59(51)68(8-72,58(44)48)65(56)66(53)70/h18,20,33,42-43,46,48,52-53,57-60,62H,5-10H2,1-4H3/q+2. The van der Waals surface area contributed by atoms with E-state index >= 15 is 0 Å². The number of quaternary nitrogens is 2. The second kappa shape index (κ2) is 6.51. The summed E-state index contributed by atoms with van der Waals surface area (Å²) >= 11 is 0. The minimum atomic E-state index is 0.108. The molecule has 326 valence electrons. The molecule has 4 spiro atoms. The molecule has 35 rings (SSSR count). The lowest BCUT2D eigenvalue weighted by Crippen LogP contribution is -2.66. The van der Waals surface area contributed by atoms with Crippen LogP contribution in [0.1, 0.15) is 144 Å². The number of benzene rings is 5. The molecule has 3 saturated carbocycles. The first-order chi connectivity index (χ1) is 35.4. The summed E-state index contributed by atoms with van der Waals surface area (Å²) in [6.07, 6.45) is 0. The Bertz CT molecular complexity index is 5430. The SMILES string of the molecule is CC[N+]1(CC)CC23C4=C5C6C7=C8C9=C%10c%11c(c%12c%13c%14c%15c%16c%17c%18c%19c%20c%16c%13c%11C%20C9C9C%19C%11=C%18C%13C%16=c%18c%19c%20c%21c(c4c4c%20c%20c%18=C%13C%13=C%11C(C%11=C7C57C[N+](C)(C)CC47C%20C%13%11)C89C1)C2C%12C%14=C%21C%19C%15=C%16%17)C3C%106. The molecule has 18 unspecified atom stereocenters. The molecule has 1 saturated heterocycles. The smallest absolute Gasteiger partial charge is 0.0930 e. The zero-order valence-corrected chi connectivity index (χ0v) is 40.2. The number of hydrogen-bond donors (Lipinski definition) is 0. The first-order valence-electron chi connectivity index (χ1n) is 29.8. The molecule has 5 aromatic carbocycles. The van der Waals surface area contributed by atoms with Crippen molar-refractivity contribution in [2.45, 2.75) is 60.7 Å². The average Bonchev–Trinajstić information content (AvgIpc) is 4.27. The van der Waals surface area contributed by atoms with Gasteiger partial charge in [-0.15, -0.1) is 0 Å². The molecule has 30 aliphatic rings. The van der Waals surface area contributed by atoms with Crippen LogP contribution in [0.2, 0.25) is 0 Å². The van der Waals surface area contributed by atoms with Gasteiger partial charge in [-0.3, -0.25) is 0 Å². The van der Waals surface area contributed by atoms with Crippen LogP contribution in [-0.4, -0.2) is 62.3 Å². The molecule has 27 aliphatic carbocycles. The molecule has 0 aromatic heterocycles. The molecule has 72 heavy (non-hydrogen) atoms. The van der Waals surface area contributed by atoms with E-state index in [1.165, 1.54) is 48.2 Å². The molecule has 2 nitrogen and oxygen atoms in total. The predicted molar refractivity (Wildman–Crippen MR) is 272 cm³/mol. The Kier molecular flexibility index (Phi) is 2.65. The van der Waals surface area contributed by atoms with E-state index in [1.54, 1.807) is 0 Å². The number of nitrogens with zero attached hydrogens (tertiary/aromatic N) is 2. The quantitative estimate of drug-likeness (QED) is 0.122. The van der Waals surface area contributed by atoms with Crippen LogP contribution in [0.25, 0.3) is 82.5 Å². The Hall–Kier alpha value is -5.54. The van der Waals surface area contributed by atoms with Crippen LogP contribution < -0.4 is 10.4 Å². The summed E-state index contributed by atoms with van der Waals surface area (Å²) in [5, 5.41) is 15.2. The summed E-state index contributed by atoms with van der Waals surface area (Å²) in [6.45, 7) is 13.7. The van der Waals surface area contributed by atoms with Crippen LogP contribution in [-0.2, 0) is 5.41 Å². The van der Waals surface area contributed by atoms with Crippen molar-refractivity contribution < 1.29 is 8.97 Å². The maximum atomic E-state index is 2.79. The first kappa shape index (κ1) is 29.4. The first-order valence-corrected chi connectivity index (χ1v) is 29.8. The van der Waals surface area contributed by atoms with Crippen molar-refractivity contribution in [3.63, 3.8) is 0 Å². The van der Waals surface area contributed by atoms with Crippen molar-refractivity contribution in [3.8, 4) is 0 Å². The second-order valence-corrected chi connectivity index (χ2v) is 31.8. The normalized spacial score (nSPS) is 51.2. The third kappa shape index (κ3) is 1.55. The third-order valence-corrected chi connectivity index (χ3v) is 32.3. The molecule has 3 aliphatic heterocycles. The Morgan fingerprint density at radius 2 is 1.26 bits per heavy atom. The zero-order chi connectivity index (χ0) is 43.6. The Balaban J connectivity index is 1.04. The van der Waals surface area contributed by atoms with Crippen LogP contribution in [0.3, 0.4) is 0 Å². The van der Waals surface area contributed by atoms with E-state index in [1.807, 2.05) is 176 Å². The predicted octanol–water partition coefficient (Wildman–Crippen LogP) is 9.48. The topological polar surface area (TPSA) is 0 Å². The van der Waals surface area contributed by atoms with Gasteiger partial charge in [-0.1, -0.05) is 0 Å². The maximum absolute atomic E-state index is 2.79. The van der Waals surface area contributed by atoms with E-state index in [2.05, 4.69) is 83.7 Å². The minimum absolute atomic E-state index is 0.108. The van der Waals surface area contributed by atoms with Gasteiger partial charge >= 0.3 is 0 Å². The second-order valence-electron chi connectivity index (χ2n) is 31.8. The highest BCUT2D eigenvalue weighted by atomic mass is 15.4. The van der Waals surface area contributed by atoms with E-state index in [9.17, 15) is 0 Å². The third-order valence-electron chi connectivity index (χ3n) is 32.3. The Labute approximate surface area is 410 Å². The van der Waals surface area contributed by atoms with E-state index in [4.69, 9.17) is 0 Å². The number of hydrogen-bond acceptors (Lipinski definition) is 0. The molecule has 0 radical (unpaired) electrons. The van der Waals surface area contributed by atoms with Crippen LogP contribution in [0.15, 0.2) is 50.2 Å². The van der Waals surface area contributed by atoms with E-state index in [0.29, 0.717) is 82.9 Å². The van der Waals surface area contributed by atoms with Crippen molar-refractivity contribution >= 4 is 82.5 Å². The lowest BCUT2D eigenvalue weighted by Gasteiger charge is -2.63. The summed E-state index contributed by atoms with van der Waals surface area (Å²) < 4.78 is 2.56. The molecule has 0 amide bonds. The molecular formula is C70H38N2+2. The number of allylic oxidation sites excluding steroid dienone is 12. The lowest BCUT2D eigenvalue weighted by atomic mass is 9.40. The van der Waals surface area contributed by atoms with Gasteiger partial charge in [0.2, 0.25) is 0 Å². The zero-order valence-electron chi connectivity index (χ0n) is 40.2. The molecular weight excluding hydrogens is 869 g/mol. The molecule has 18 atom stereocenters. The van der Waals surface area contributed by atoms with Gasteiger partial charge in [0.05, 0.1) is 75.0 Å². The Morgan fingerprint density at radius 3 is 2.18 bits per heavy atom. The summed E-state index contributed by atoms with van der Waals surface area (Å²) in [5.41, 5.74) is 68.6. The van der Waals surface area contributed by atoms with Gasteiger partial charge in [-0.2, -0.15) is 0 Å². The van der Waals surface area contributed by atoms with Crippen molar-refractivity contribution in [2.75, 3.05) is 53.4 Å². The Morgan fingerprint density at radius 1 is 0.444 bits per heavy atom. The van der Waals surface area contributed by atoms with Crippen LogP contribution >= 0.6 is 0 Å². The maximum Gasteiger partial charge on any atom is 0.0930 e. The molecule has 0 N–H and O–H groups in total. The summed E-state index contributed by atoms with van der Waals surface area (Å²) in [7, 11) is 5.57. The summed E-state index contributed by atoms with van der Waals surface area (Å²) in [5.74, 6) is 8.13. The van der Waals surface area contributed by atoms with Gasteiger partial charge in [-0.25, -0.2) is 0 Å². The van der Waals surface area contributed by atoms with Gasteiger partial charge in [0.25, 0.3) is 0 Å². The van der Waals surface area contributed by atoms with Crippen molar-refractivity contribution in [1.29, 1.82) is 0 Å². The van der Waals surface area contributed by atoms with Gasteiger partial charge in [0, 0.05) is 76.9 Å². The minimum Gasteiger partial charge on any atom is -0.327 e. The van der Waals surface area contributed by atoms with Crippen molar-refractivity contribution in [1.82, 2.24) is 0 Å². The van der Waals surface area contributed by atoms with E-state index in [0.717, 1.165) is 0 Å². The van der Waals surface area contributed by atoms with Gasteiger partial charge in [-0.05, 0) is 252 Å². The van der Waals surface area contributed by atoms with E-state index in [-0.39, 0.29) is 21.7 Å². The fourth-order valence-electron chi connectivity index (χ4n) is 33.7. The number of likely N-dealkylation sites (N-methyl/N-ethyl adjacent to an activating group) is 1. The van der Waals surface area contributed by atoms with Crippen molar-refractivity contribution in [2.24, 2.45) is 57.7 Å². The van der Waals surface area contributed by atoms with Crippen LogP contribution in [0.5, 0.6) is 0 Å². The largest absolute Gasteiger partial charge is 0.327 e. The molecule has 5 aromatic rings. The van der Waals surface area contributed by atoms with Crippen molar-refractivity contribution in [3.05, 3.63) is 150 Å². The van der Waals surface area contributed by atoms with Gasteiger partial charge < -0.3 is 8.97 Å². The fourth-order valence-corrected chi connectivity index (χ4v) is 33.7. The van der Waals surface area contributed by atoms with Crippen LogP contribution in [0.4, 0.5) is 0 Å². The number of likely N-dealkylation sites (tertiary alicyclic amines) is 1. The molecule has 10 bridgehead atoms. The molecule has 4 fully saturated rings. The molecule has 3 heterocycles. The fraction of sp³-hybridized carbons (Fsp3) is 0.400. The number of fused-ring (bicyclic) bond motifs is 2. The highest BCUT2D eigenvalue weighted by Crippen LogP contribution is 3.00. The van der Waals surface area contributed by atoms with Gasteiger partial charge in [0.1, 0.15) is 0 Å². The molecule has 2 heteroatoms. The van der Waals surface area contributed by atoms with Gasteiger partial charge in [0.15, 0.2) is 0 Å². The summed E-state index contributed by atoms with van der Waals surface area (Å²) in [4.78, 5) is 0. The van der Waals surface area contributed by atoms with Crippen LogP contribution in [0, 0.1) is 57.7 Å². The lowest BCUT2D eigenvalue weighted by molar-refractivity contribution is -0.936. The highest BCUT2D eigenvalue weighted by molar-refractivity contribution is 6.45. The monoisotopic (exact) mass is 906 g/mol. The average molecular weight is 907 g/mol. The number of rotatable bonds is 2. The van der Waals surface area contributed by atoms with E-state index < -0.39 is 0 Å². The summed E-state index contributed by atoms with van der Waals surface area (Å²) in [6, 6.07) is 0. The highest BCUT2D eigenvalue weighted by Gasteiger charge is 2.93.